The van der Waals surface area contributed by atoms with Gasteiger partial charge in [0, 0.05) is 19.0 Å². The summed E-state index contributed by atoms with van der Waals surface area (Å²) in [4.78, 5) is 28.1. The average molecular weight is 270 g/mol. The largest absolute Gasteiger partial charge is 0.331 e. The van der Waals surface area contributed by atoms with Gasteiger partial charge in [-0.15, -0.1) is 0 Å². The van der Waals surface area contributed by atoms with E-state index in [1.54, 1.807) is 9.80 Å². The molecule has 20 heavy (non-hydrogen) atoms. The second kappa shape index (κ2) is 4.33. The fourth-order valence-electron chi connectivity index (χ4n) is 3.81. The molecule has 0 bridgehead atoms. The van der Waals surface area contributed by atoms with Crippen LogP contribution in [-0.2, 0) is 16.0 Å². The van der Waals surface area contributed by atoms with Gasteiger partial charge in [0.25, 0.3) is 0 Å². The van der Waals surface area contributed by atoms with Crippen LogP contribution in [0.4, 0.5) is 0 Å². The van der Waals surface area contributed by atoms with Gasteiger partial charge in [-0.2, -0.15) is 0 Å². The summed E-state index contributed by atoms with van der Waals surface area (Å²) in [7, 11) is 0. The minimum absolute atomic E-state index is 0.125. The maximum atomic E-state index is 12.5. The van der Waals surface area contributed by atoms with Crippen molar-refractivity contribution < 1.29 is 9.59 Å². The van der Waals surface area contributed by atoms with Crippen LogP contribution in [0, 0.1) is 0 Å². The number of nitrogens with zero attached hydrogens (tertiary/aromatic N) is 2. The van der Waals surface area contributed by atoms with Crippen LogP contribution in [-0.4, -0.2) is 47.3 Å². The molecular formula is C16H18N2O2. The number of hydrogen-bond donors (Lipinski definition) is 0. The van der Waals surface area contributed by atoms with E-state index in [1.807, 2.05) is 6.07 Å². The molecule has 1 aliphatic carbocycles. The third kappa shape index (κ3) is 1.67. The minimum Gasteiger partial charge on any atom is -0.331 e. The topological polar surface area (TPSA) is 40.6 Å². The predicted molar refractivity (Wildman–Crippen MR) is 74.2 cm³/mol. The fourth-order valence-corrected chi connectivity index (χ4v) is 3.81. The number of fused-ring (bicyclic) bond motifs is 2. The summed E-state index contributed by atoms with van der Waals surface area (Å²) >= 11 is 0. The van der Waals surface area contributed by atoms with E-state index in [0.29, 0.717) is 12.5 Å². The molecule has 0 spiro atoms. The van der Waals surface area contributed by atoms with Crippen molar-refractivity contribution in [2.45, 2.75) is 31.2 Å². The van der Waals surface area contributed by atoms with Gasteiger partial charge in [0.05, 0.1) is 6.54 Å². The van der Waals surface area contributed by atoms with E-state index < -0.39 is 0 Å². The first-order valence-corrected chi connectivity index (χ1v) is 7.40. The lowest BCUT2D eigenvalue weighted by Crippen LogP contribution is -2.58. The lowest BCUT2D eigenvalue weighted by molar-refractivity contribution is -0.153. The monoisotopic (exact) mass is 270 g/mol. The van der Waals surface area contributed by atoms with E-state index in [2.05, 4.69) is 18.2 Å². The first-order chi connectivity index (χ1) is 9.74. The second-order valence-electron chi connectivity index (χ2n) is 6.06. The van der Waals surface area contributed by atoms with Crippen molar-refractivity contribution in [1.82, 2.24) is 9.80 Å². The zero-order valence-corrected chi connectivity index (χ0v) is 11.4. The number of rotatable bonds is 2. The van der Waals surface area contributed by atoms with E-state index in [-0.39, 0.29) is 24.4 Å². The number of hydrogen-bond acceptors (Lipinski definition) is 2. The molecule has 4 rings (SSSR count). The maximum Gasteiger partial charge on any atom is 0.245 e. The van der Waals surface area contributed by atoms with E-state index in [4.69, 9.17) is 0 Å². The number of carbonyl (C=O) groups is 2. The molecule has 2 unspecified atom stereocenters. The van der Waals surface area contributed by atoms with Gasteiger partial charge < -0.3 is 9.80 Å². The van der Waals surface area contributed by atoms with E-state index in [1.165, 1.54) is 11.1 Å². The Morgan fingerprint density at radius 2 is 2.05 bits per heavy atom. The molecule has 4 nitrogen and oxygen atoms in total. The lowest BCUT2D eigenvalue weighted by Gasteiger charge is -2.40. The molecular weight excluding hydrogens is 252 g/mol. The molecule has 0 aromatic heterocycles. The van der Waals surface area contributed by atoms with Gasteiger partial charge in [0.1, 0.15) is 6.04 Å². The fraction of sp³-hybridized carbons (Fsp3) is 0.500. The minimum atomic E-state index is -0.174. The highest BCUT2D eigenvalue weighted by Crippen LogP contribution is 2.36. The van der Waals surface area contributed by atoms with Crippen molar-refractivity contribution in [3.8, 4) is 0 Å². The van der Waals surface area contributed by atoms with Crippen LogP contribution in [0.5, 0.6) is 0 Å². The second-order valence-corrected chi connectivity index (χ2v) is 6.06. The highest BCUT2D eigenvalue weighted by atomic mass is 16.2. The number of benzene rings is 1. The Kier molecular flexibility index (Phi) is 2.59. The van der Waals surface area contributed by atoms with Crippen LogP contribution in [0.3, 0.4) is 0 Å². The van der Waals surface area contributed by atoms with E-state index in [9.17, 15) is 9.59 Å². The van der Waals surface area contributed by atoms with Crippen LogP contribution >= 0.6 is 0 Å². The Bertz CT molecular complexity index is 584. The molecule has 2 saturated heterocycles. The van der Waals surface area contributed by atoms with Crippen LogP contribution in [0.1, 0.15) is 29.9 Å². The maximum absolute atomic E-state index is 12.5. The smallest absolute Gasteiger partial charge is 0.245 e. The van der Waals surface area contributed by atoms with Gasteiger partial charge >= 0.3 is 0 Å². The molecule has 2 heterocycles. The van der Waals surface area contributed by atoms with Gasteiger partial charge in [-0.25, -0.2) is 0 Å². The van der Waals surface area contributed by atoms with Crippen LogP contribution in [0.2, 0.25) is 0 Å². The van der Waals surface area contributed by atoms with Gasteiger partial charge in [-0.05, 0) is 30.4 Å². The molecule has 4 heteroatoms. The summed E-state index contributed by atoms with van der Waals surface area (Å²) in [6.45, 7) is 1.73. The summed E-state index contributed by atoms with van der Waals surface area (Å²) in [5, 5.41) is 0. The molecule has 2 amide bonds. The Hall–Kier alpha value is -1.84. The van der Waals surface area contributed by atoms with Crippen LogP contribution in [0.25, 0.3) is 0 Å². The first-order valence-electron chi connectivity index (χ1n) is 7.40. The van der Waals surface area contributed by atoms with Gasteiger partial charge in [0.15, 0.2) is 0 Å². The summed E-state index contributed by atoms with van der Waals surface area (Å²) in [6.07, 6.45) is 2.83. The van der Waals surface area contributed by atoms with Gasteiger partial charge in [-0.1, -0.05) is 24.3 Å². The molecule has 1 aromatic rings. The van der Waals surface area contributed by atoms with Crippen molar-refractivity contribution in [2.75, 3.05) is 19.6 Å². The summed E-state index contributed by atoms with van der Waals surface area (Å²) in [6, 6.07) is 8.22. The molecule has 3 aliphatic rings. The summed E-state index contributed by atoms with van der Waals surface area (Å²) in [5.74, 6) is 0.696. The van der Waals surface area contributed by atoms with Crippen molar-refractivity contribution in [3.63, 3.8) is 0 Å². The number of amides is 2. The normalized spacial score (nSPS) is 28.2. The van der Waals surface area contributed by atoms with Crippen molar-refractivity contribution in [3.05, 3.63) is 35.4 Å². The van der Waals surface area contributed by atoms with Crippen molar-refractivity contribution in [1.29, 1.82) is 0 Å². The van der Waals surface area contributed by atoms with Crippen molar-refractivity contribution in [2.24, 2.45) is 0 Å². The van der Waals surface area contributed by atoms with E-state index in [0.717, 1.165) is 25.8 Å². The molecule has 0 saturated carbocycles. The molecule has 104 valence electrons. The quantitative estimate of drug-likeness (QED) is 0.809. The van der Waals surface area contributed by atoms with Gasteiger partial charge in [0.2, 0.25) is 11.8 Å². The SMILES string of the molecule is O=C1C2CCCN2C(=O)CN1CC1Cc2ccccc21. The zero-order chi connectivity index (χ0) is 13.7. The van der Waals surface area contributed by atoms with Crippen molar-refractivity contribution >= 4 is 11.8 Å². The highest BCUT2D eigenvalue weighted by molar-refractivity contribution is 5.95. The predicted octanol–water partition coefficient (Wildman–Crippen LogP) is 1.16. The molecule has 2 atom stereocenters. The van der Waals surface area contributed by atoms with Crippen LogP contribution in [0.15, 0.2) is 24.3 Å². The lowest BCUT2D eigenvalue weighted by atomic mass is 9.77. The van der Waals surface area contributed by atoms with E-state index >= 15 is 0 Å². The first kappa shape index (κ1) is 11.9. The molecule has 2 aliphatic heterocycles. The Balaban J connectivity index is 1.50. The Morgan fingerprint density at radius 3 is 2.90 bits per heavy atom. The standard InChI is InChI=1S/C16H18N2O2/c19-15-10-17(16(20)14-6-3-7-18(14)15)9-12-8-11-4-1-2-5-13(11)12/h1-2,4-5,12,14H,3,6-10H2. The third-order valence-corrected chi connectivity index (χ3v) is 4.90. The highest BCUT2D eigenvalue weighted by Gasteiger charge is 2.43. The van der Waals surface area contributed by atoms with Gasteiger partial charge in [-0.3, -0.25) is 9.59 Å². The molecule has 0 N–H and O–H groups in total. The average Bonchev–Trinajstić information content (AvgIpc) is 2.91. The molecule has 0 radical (unpaired) electrons. The van der Waals surface area contributed by atoms with Crippen LogP contribution < -0.4 is 0 Å². The third-order valence-electron chi connectivity index (χ3n) is 4.90. The molecule has 1 aromatic carbocycles. The zero-order valence-electron chi connectivity index (χ0n) is 11.4. The number of piperazine rings is 1. The Morgan fingerprint density at radius 1 is 1.20 bits per heavy atom. The summed E-state index contributed by atoms with van der Waals surface area (Å²) < 4.78 is 0. The summed E-state index contributed by atoms with van der Waals surface area (Å²) in [5.41, 5.74) is 2.73. The molecule has 2 fully saturated rings. The number of carbonyl (C=O) groups excluding carboxylic acids is 2. The Labute approximate surface area is 118 Å².